The van der Waals surface area contributed by atoms with Crippen molar-refractivity contribution in [3.8, 4) is 10.4 Å². The molecule has 1 unspecified atom stereocenters. The van der Waals surface area contributed by atoms with Gasteiger partial charge in [-0.3, -0.25) is 4.79 Å². The second kappa shape index (κ2) is 8.23. The fraction of sp³-hybridized carbons (Fsp3) is 0.190. The van der Waals surface area contributed by atoms with Crippen LogP contribution in [0, 0.1) is 0 Å². The van der Waals surface area contributed by atoms with E-state index in [4.69, 9.17) is 5.73 Å². The maximum absolute atomic E-state index is 12.7. The molecule has 0 fully saturated rings. The summed E-state index contributed by atoms with van der Waals surface area (Å²) in [6, 6.07) is 16.6. The highest BCUT2D eigenvalue weighted by molar-refractivity contribution is 7.40. The Morgan fingerprint density at radius 1 is 1.18 bits per heavy atom. The summed E-state index contributed by atoms with van der Waals surface area (Å²) < 4.78 is 11.5. The Kier molecular flexibility index (Phi) is 5.94. The van der Waals surface area contributed by atoms with Crippen molar-refractivity contribution in [3.05, 3.63) is 71.1 Å². The van der Waals surface area contributed by atoms with Gasteiger partial charge in [-0.1, -0.05) is 24.3 Å². The number of amides is 1. The molecule has 1 amide bonds. The van der Waals surface area contributed by atoms with Gasteiger partial charge < -0.3 is 11.1 Å². The number of carbonyl (C=O) groups is 1. The van der Waals surface area contributed by atoms with Crippen LogP contribution in [0.25, 0.3) is 10.4 Å². The number of benzene rings is 2. The van der Waals surface area contributed by atoms with Gasteiger partial charge in [0.1, 0.15) is 0 Å². The Hall–Kier alpha value is -2.53. The summed E-state index contributed by atoms with van der Waals surface area (Å²) in [5.74, 6) is -0.275. The van der Waals surface area contributed by atoms with E-state index in [-0.39, 0.29) is 5.91 Å². The van der Waals surface area contributed by atoms with E-state index in [2.05, 4.69) is 5.32 Å². The number of nitrogen functional groups attached to an aromatic ring is 1. The first kappa shape index (κ1) is 20.2. The zero-order chi connectivity index (χ0) is 20.3. The molecule has 0 spiro atoms. The van der Waals surface area contributed by atoms with Gasteiger partial charge >= 0.3 is 8.03 Å². The minimum absolute atomic E-state index is 0.275. The zero-order valence-electron chi connectivity index (χ0n) is 15.7. The highest BCUT2D eigenvalue weighted by Gasteiger charge is 2.39. The van der Waals surface area contributed by atoms with Crippen LogP contribution in [0.1, 0.15) is 29.8 Å². The Morgan fingerprint density at radius 2 is 1.96 bits per heavy atom. The van der Waals surface area contributed by atoms with Crippen LogP contribution >= 0.6 is 19.4 Å². The lowest BCUT2D eigenvalue weighted by atomic mass is 10.00. The topological polar surface area (TPSA) is 92.4 Å². The summed E-state index contributed by atoms with van der Waals surface area (Å²) >= 11 is 1.62. The number of rotatable bonds is 6. The number of nitrogens with one attached hydrogen (secondary N) is 1. The maximum Gasteiger partial charge on any atom is 0.511 e. The molecule has 1 aromatic heterocycles. The van der Waals surface area contributed by atoms with Crippen molar-refractivity contribution in [2.45, 2.75) is 25.4 Å². The quantitative estimate of drug-likeness (QED) is 0.377. The number of hydrogen-bond acceptors (Lipinski definition) is 4. The van der Waals surface area contributed by atoms with Crippen molar-refractivity contribution in [2.24, 2.45) is 0 Å². The van der Waals surface area contributed by atoms with Gasteiger partial charge in [-0.05, 0) is 65.3 Å². The van der Waals surface area contributed by atoms with Crippen molar-refractivity contribution in [1.29, 1.82) is 0 Å². The fourth-order valence-corrected chi connectivity index (χ4v) is 3.89. The van der Waals surface area contributed by atoms with E-state index in [9.17, 15) is 14.3 Å². The highest BCUT2D eigenvalue weighted by Crippen LogP contribution is 2.37. The summed E-state index contributed by atoms with van der Waals surface area (Å²) in [6.45, 7) is 3.46. The van der Waals surface area contributed by atoms with E-state index < -0.39 is 13.2 Å². The van der Waals surface area contributed by atoms with E-state index in [1.54, 1.807) is 49.4 Å². The Bertz CT molecular complexity index is 1020. The van der Waals surface area contributed by atoms with Crippen LogP contribution in [0.4, 0.5) is 11.4 Å². The lowest BCUT2D eigenvalue weighted by Crippen LogP contribution is -2.19. The third-order valence-electron chi connectivity index (χ3n) is 4.45. The molecular formula is C21H22N2O3PS+. The first-order chi connectivity index (χ1) is 13.3. The molecule has 0 aliphatic heterocycles. The van der Waals surface area contributed by atoms with E-state index >= 15 is 0 Å². The van der Waals surface area contributed by atoms with E-state index in [1.165, 1.54) is 0 Å². The predicted octanol–water partition coefficient (Wildman–Crippen LogP) is 5.31. The summed E-state index contributed by atoms with van der Waals surface area (Å²) in [7, 11) is -2.32. The van der Waals surface area contributed by atoms with Gasteiger partial charge in [0, 0.05) is 16.9 Å². The predicted molar refractivity (Wildman–Crippen MR) is 116 cm³/mol. The number of carbonyl (C=O) groups excluding carboxylic acids is 1. The second-order valence-electron chi connectivity index (χ2n) is 7.20. The van der Waals surface area contributed by atoms with Crippen LogP contribution in [-0.2, 0) is 11.0 Å². The fourth-order valence-electron chi connectivity index (χ4n) is 2.84. The highest BCUT2D eigenvalue weighted by atomic mass is 32.1. The van der Waals surface area contributed by atoms with Crippen molar-refractivity contribution in [2.75, 3.05) is 11.1 Å². The molecule has 0 bridgehead atoms. The zero-order valence-corrected chi connectivity index (χ0v) is 17.4. The first-order valence-electron chi connectivity index (χ1n) is 8.76. The van der Waals surface area contributed by atoms with E-state index in [0.29, 0.717) is 23.4 Å². The van der Waals surface area contributed by atoms with E-state index in [1.807, 2.05) is 35.7 Å². The van der Waals surface area contributed by atoms with Gasteiger partial charge in [0.05, 0.1) is 11.4 Å². The average molecular weight is 413 g/mol. The molecule has 7 heteroatoms. The van der Waals surface area contributed by atoms with Crippen molar-refractivity contribution < 1.29 is 14.3 Å². The number of thiophene rings is 1. The monoisotopic (exact) mass is 413 g/mol. The molecule has 28 heavy (non-hydrogen) atoms. The molecule has 4 N–H and O–H groups in total. The Balaban J connectivity index is 1.81. The van der Waals surface area contributed by atoms with Gasteiger partial charge in [0.25, 0.3) is 5.91 Å². The first-order valence-corrected chi connectivity index (χ1v) is 10.9. The van der Waals surface area contributed by atoms with E-state index in [0.717, 1.165) is 16.0 Å². The van der Waals surface area contributed by atoms with Crippen LogP contribution in [-0.4, -0.2) is 16.0 Å². The van der Waals surface area contributed by atoms with Gasteiger partial charge in [-0.2, -0.15) is 4.89 Å². The normalized spacial score (nSPS) is 11.9. The molecule has 0 saturated carbocycles. The summed E-state index contributed by atoms with van der Waals surface area (Å²) in [5.41, 5.74) is 9.38. The van der Waals surface area contributed by atoms with Crippen LogP contribution in [0.3, 0.4) is 0 Å². The smallest absolute Gasteiger partial charge is 0.397 e. The van der Waals surface area contributed by atoms with Crippen LogP contribution in [0.5, 0.6) is 0 Å². The number of anilines is 2. The minimum Gasteiger partial charge on any atom is -0.397 e. The second-order valence-corrected chi connectivity index (χ2v) is 9.90. The Labute approximate surface area is 169 Å². The van der Waals surface area contributed by atoms with Crippen molar-refractivity contribution in [1.82, 2.24) is 0 Å². The molecular weight excluding hydrogens is 391 g/mol. The average Bonchev–Trinajstić information content (AvgIpc) is 3.18. The lowest BCUT2D eigenvalue weighted by molar-refractivity contribution is 0.102. The third kappa shape index (κ3) is 4.65. The molecule has 3 aromatic rings. The molecule has 0 aliphatic carbocycles. The molecule has 144 valence electrons. The summed E-state index contributed by atoms with van der Waals surface area (Å²) in [5, 5.41) is 4.11. The standard InChI is InChI=1S/C21H21N2O3PS/c1-21(2,27(25)26)13-14-5-3-6-16(11-14)20(24)23-18-12-15(8-9-17(18)22)19-7-4-10-28-19/h3-12H,13,22H2,1-2H3,(H-,23,24,25,26)/p+1. The van der Waals surface area contributed by atoms with Gasteiger partial charge in [-0.15, -0.1) is 11.3 Å². The lowest BCUT2D eigenvalue weighted by Gasteiger charge is -2.13. The van der Waals surface area contributed by atoms with Crippen molar-refractivity contribution in [3.63, 3.8) is 0 Å². The number of hydrogen-bond donors (Lipinski definition) is 3. The molecule has 0 saturated heterocycles. The van der Waals surface area contributed by atoms with Crippen LogP contribution in [0.2, 0.25) is 0 Å². The third-order valence-corrected chi connectivity index (χ3v) is 6.56. The maximum atomic E-state index is 12.7. The van der Waals surface area contributed by atoms with Crippen molar-refractivity contribution >= 4 is 36.6 Å². The molecule has 1 atom stereocenters. The summed E-state index contributed by atoms with van der Waals surface area (Å²) in [4.78, 5) is 23.3. The van der Waals surface area contributed by atoms with Gasteiger partial charge in [0.2, 0.25) is 0 Å². The molecule has 1 heterocycles. The molecule has 5 nitrogen and oxygen atoms in total. The molecule has 3 rings (SSSR count). The SMILES string of the molecule is CC(C)(Cc1cccc(C(=O)Nc2cc(-c3cccs3)ccc2N)c1)[P+](=O)O. The Morgan fingerprint density at radius 3 is 2.64 bits per heavy atom. The summed E-state index contributed by atoms with van der Waals surface area (Å²) in [6.07, 6.45) is 0.399. The molecule has 0 radical (unpaired) electrons. The van der Waals surface area contributed by atoms with Gasteiger partial charge in [-0.25, -0.2) is 0 Å². The minimum atomic E-state index is -2.32. The van der Waals surface area contributed by atoms with Crippen LogP contribution in [0.15, 0.2) is 60.0 Å². The van der Waals surface area contributed by atoms with Crippen LogP contribution < -0.4 is 11.1 Å². The number of nitrogens with two attached hydrogens (primary N) is 1. The molecule has 0 aliphatic rings. The largest absolute Gasteiger partial charge is 0.511 e. The van der Waals surface area contributed by atoms with Gasteiger partial charge in [0.15, 0.2) is 5.16 Å². The molecule has 2 aromatic carbocycles.